The standard InChI is InChI=1S/C30H33N3O3S2/c1-4-32(5-2)17-18-36-30-22(3)31-27-16-15-24(19-26(27)30)33(20-23-11-7-6-8-12-23)38(34,35)29-21-37-28-14-10-9-13-25(28)29/h6-16,19,21,31H,4-5,17-18,20H2,1-3H3. The Morgan fingerprint density at radius 2 is 1.66 bits per heavy atom. The van der Waals surface area contributed by atoms with E-state index < -0.39 is 10.0 Å². The van der Waals surface area contributed by atoms with Crippen LogP contribution in [-0.2, 0) is 16.6 Å². The summed E-state index contributed by atoms with van der Waals surface area (Å²) in [4.78, 5) is 6.04. The van der Waals surface area contributed by atoms with Crippen LogP contribution in [0.5, 0.6) is 5.75 Å². The van der Waals surface area contributed by atoms with Crippen molar-refractivity contribution in [3.63, 3.8) is 0 Å². The third-order valence-corrected chi connectivity index (χ3v) is 9.86. The first-order valence-corrected chi connectivity index (χ1v) is 15.2. The van der Waals surface area contributed by atoms with Gasteiger partial charge in [-0.15, -0.1) is 11.3 Å². The van der Waals surface area contributed by atoms with Crippen molar-refractivity contribution in [1.82, 2.24) is 9.88 Å². The van der Waals surface area contributed by atoms with Gasteiger partial charge in [-0.05, 0) is 49.8 Å². The van der Waals surface area contributed by atoms with Gasteiger partial charge in [0.2, 0.25) is 0 Å². The molecule has 5 aromatic rings. The lowest BCUT2D eigenvalue weighted by Crippen LogP contribution is -2.30. The highest BCUT2D eigenvalue weighted by molar-refractivity contribution is 7.93. The fourth-order valence-corrected chi connectivity index (χ4v) is 7.71. The molecule has 0 aliphatic heterocycles. The summed E-state index contributed by atoms with van der Waals surface area (Å²) in [5.74, 6) is 0.770. The zero-order valence-electron chi connectivity index (χ0n) is 22.0. The average molecular weight is 548 g/mol. The van der Waals surface area contributed by atoms with E-state index in [2.05, 4.69) is 23.7 Å². The molecule has 38 heavy (non-hydrogen) atoms. The molecule has 6 nitrogen and oxygen atoms in total. The van der Waals surface area contributed by atoms with Gasteiger partial charge in [-0.1, -0.05) is 62.4 Å². The fourth-order valence-electron chi connectivity index (χ4n) is 4.78. The van der Waals surface area contributed by atoms with E-state index in [-0.39, 0.29) is 6.54 Å². The summed E-state index contributed by atoms with van der Waals surface area (Å²) in [5, 5.41) is 3.37. The van der Waals surface area contributed by atoms with Crippen LogP contribution in [0.1, 0.15) is 25.1 Å². The first-order chi connectivity index (χ1) is 18.4. The Kier molecular flexibility index (Phi) is 7.74. The van der Waals surface area contributed by atoms with Gasteiger partial charge in [0, 0.05) is 32.9 Å². The Labute approximate surface area is 228 Å². The highest BCUT2D eigenvalue weighted by Gasteiger charge is 2.29. The molecule has 0 radical (unpaired) electrons. The topological polar surface area (TPSA) is 65.6 Å². The number of ether oxygens (including phenoxy) is 1. The molecule has 3 aromatic carbocycles. The molecular formula is C30H33N3O3S2. The van der Waals surface area contributed by atoms with E-state index in [1.54, 1.807) is 5.38 Å². The number of H-pyrrole nitrogens is 1. The number of nitrogens with one attached hydrogen (secondary N) is 1. The third kappa shape index (κ3) is 5.16. The maximum atomic E-state index is 14.2. The molecule has 0 spiro atoms. The zero-order chi connectivity index (χ0) is 26.7. The second-order valence-electron chi connectivity index (χ2n) is 9.28. The number of thiophene rings is 1. The van der Waals surface area contributed by atoms with Gasteiger partial charge in [0.1, 0.15) is 17.3 Å². The molecule has 1 N–H and O–H groups in total. The molecular weight excluding hydrogens is 514 g/mol. The summed E-state index contributed by atoms with van der Waals surface area (Å²) in [6.07, 6.45) is 0. The number of nitrogens with zero attached hydrogens (tertiary/aromatic N) is 2. The molecule has 0 bridgehead atoms. The van der Waals surface area contributed by atoms with Crippen molar-refractivity contribution in [2.75, 3.05) is 30.5 Å². The van der Waals surface area contributed by atoms with Crippen molar-refractivity contribution in [2.24, 2.45) is 0 Å². The lowest BCUT2D eigenvalue weighted by atomic mass is 10.2. The lowest BCUT2D eigenvalue weighted by Gasteiger charge is -2.25. The van der Waals surface area contributed by atoms with E-state index in [0.717, 1.165) is 57.6 Å². The normalized spacial score (nSPS) is 12.0. The highest BCUT2D eigenvalue weighted by Crippen LogP contribution is 2.37. The fraction of sp³-hybridized carbons (Fsp3) is 0.267. The summed E-state index contributed by atoms with van der Waals surface area (Å²) >= 11 is 1.45. The first-order valence-electron chi connectivity index (χ1n) is 12.9. The maximum Gasteiger partial charge on any atom is 0.266 e. The van der Waals surface area contributed by atoms with Gasteiger partial charge in [0.25, 0.3) is 10.0 Å². The quantitative estimate of drug-likeness (QED) is 0.197. The molecule has 0 unspecified atom stereocenters. The second kappa shape index (κ2) is 11.2. The van der Waals surface area contributed by atoms with Crippen molar-refractivity contribution < 1.29 is 13.2 Å². The van der Waals surface area contributed by atoms with Crippen LogP contribution in [0.2, 0.25) is 0 Å². The van der Waals surface area contributed by atoms with Crippen LogP contribution in [0.3, 0.4) is 0 Å². The van der Waals surface area contributed by atoms with Crippen LogP contribution in [-0.4, -0.2) is 44.5 Å². The van der Waals surface area contributed by atoms with Crippen molar-refractivity contribution >= 4 is 48.0 Å². The second-order valence-corrected chi connectivity index (χ2v) is 12.0. The van der Waals surface area contributed by atoms with Crippen LogP contribution in [0.25, 0.3) is 21.0 Å². The Hall–Kier alpha value is -3.33. The van der Waals surface area contributed by atoms with Crippen LogP contribution in [0.15, 0.2) is 83.1 Å². The summed E-state index contributed by atoms with van der Waals surface area (Å²) in [6, 6.07) is 23.1. The average Bonchev–Trinajstić information content (AvgIpc) is 3.51. The van der Waals surface area contributed by atoms with E-state index >= 15 is 0 Å². The Morgan fingerprint density at radius 3 is 2.42 bits per heavy atom. The number of fused-ring (bicyclic) bond motifs is 2. The largest absolute Gasteiger partial charge is 0.490 e. The number of aryl methyl sites for hydroxylation is 1. The molecule has 2 heterocycles. The summed E-state index contributed by atoms with van der Waals surface area (Å²) < 4.78 is 37.2. The van der Waals surface area contributed by atoms with E-state index in [4.69, 9.17) is 4.74 Å². The van der Waals surface area contributed by atoms with E-state index in [0.29, 0.717) is 17.2 Å². The van der Waals surface area contributed by atoms with Crippen molar-refractivity contribution in [3.8, 4) is 5.75 Å². The number of hydrogen-bond donors (Lipinski definition) is 1. The lowest BCUT2D eigenvalue weighted by molar-refractivity contribution is 0.223. The zero-order valence-corrected chi connectivity index (χ0v) is 23.6. The minimum atomic E-state index is -3.86. The van der Waals surface area contributed by atoms with Crippen molar-refractivity contribution in [3.05, 3.63) is 89.4 Å². The molecule has 8 heteroatoms. The van der Waals surface area contributed by atoms with Crippen LogP contribution in [0.4, 0.5) is 5.69 Å². The van der Waals surface area contributed by atoms with E-state index in [1.165, 1.54) is 15.6 Å². The molecule has 0 saturated heterocycles. The van der Waals surface area contributed by atoms with Crippen LogP contribution < -0.4 is 9.04 Å². The number of sulfonamides is 1. The van der Waals surface area contributed by atoms with Crippen LogP contribution in [0, 0.1) is 6.92 Å². The first kappa shape index (κ1) is 26.3. The number of benzene rings is 3. The molecule has 0 fully saturated rings. The van der Waals surface area contributed by atoms with Crippen molar-refractivity contribution in [1.29, 1.82) is 0 Å². The third-order valence-electron chi connectivity index (χ3n) is 6.93. The smallest absolute Gasteiger partial charge is 0.266 e. The van der Waals surface area contributed by atoms with Gasteiger partial charge < -0.3 is 14.6 Å². The monoisotopic (exact) mass is 547 g/mol. The number of rotatable bonds is 11. The molecule has 0 amide bonds. The summed E-state index contributed by atoms with van der Waals surface area (Å²) in [5.41, 5.74) is 3.36. The van der Waals surface area contributed by atoms with Crippen molar-refractivity contribution in [2.45, 2.75) is 32.2 Å². The SMILES string of the molecule is CCN(CC)CCOc1c(C)[nH]c2ccc(N(Cc3ccccc3)S(=O)(=O)c3csc4ccccc34)cc12. The Morgan fingerprint density at radius 1 is 0.921 bits per heavy atom. The van der Waals surface area contributed by atoms with Crippen LogP contribution >= 0.6 is 11.3 Å². The number of aromatic nitrogens is 1. The van der Waals surface area contributed by atoms with Gasteiger partial charge in [0.05, 0.1) is 17.9 Å². The highest BCUT2D eigenvalue weighted by atomic mass is 32.2. The minimum Gasteiger partial charge on any atom is -0.490 e. The molecule has 0 aliphatic carbocycles. The Balaban J connectivity index is 1.57. The molecule has 0 saturated carbocycles. The van der Waals surface area contributed by atoms with Gasteiger partial charge in [-0.2, -0.15) is 0 Å². The molecule has 0 atom stereocenters. The number of anilines is 1. The predicted molar refractivity (Wildman–Crippen MR) is 158 cm³/mol. The van der Waals surface area contributed by atoms with Gasteiger partial charge in [-0.25, -0.2) is 8.42 Å². The van der Waals surface area contributed by atoms with Gasteiger partial charge in [0.15, 0.2) is 0 Å². The predicted octanol–water partition coefficient (Wildman–Crippen LogP) is 6.81. The van der Waals surface area contributed by atoms with Gasteiger partial charge in [-0.3, -0.25) is 4.31 Å². The molecule has 198 valence electrons. The molecule has 2 aromatic heterocycles. The number of hydrogen-bond acceptors (Lipinski definition) is 5. The summed E-state index contributed by atoms with van der Waals surface area (Å²) in [7, 11) is -3.86. The molecule has 0 aliphatic rings. The maximum absolute atomic E-state index is 14.2. The minimum absolute atomic E-state index is 0.223. The Bertz CT molecular complexity index is 1640. The number of likely N-dealkylation sites (N-methyl/N-ethyl adjacent to an activating group) is 1. The van der Waals surface area contributed by atoms with E-state index in [9.17, 15) is 8.42 Å². The molecule has 5 rings (SSSR count). The summed E-state index contributed by atoms with van der Waals surface area (Å²) in [6.45, 7) is 9.84. The number of aromatic amines is 1. The van der Waals surface area contributed by atoms with E-state index in [1.807, 2.05) is 79.7 Å². The van der Waals surface area contributed by atoms with Gasteiger partial charge >= 0.3 is 0 Å².